The van der Waals surface area contributed by atoms with Gasteiger partial charge in [-0.25, -0.2) is 4.98 Å². The van der Waals surface area contributed by atoms with E-state index in [9.17, 15) is 4.79 Å². The van der Waals surface area contributed by atoms with Crippen LogP contribution < -0.4 is 5.56 Å². The Labute approximate surface area is 160 Å². The fraction of sp³-hybridized carbons (Fsp3) is 0.143. The molecule has 0 radical (unpaired) electrons. The van der Waals surface area contributed by atoms with Crippen molar-refractivity contribution >= 4 is 33.3 Å². The number of aromatic amines is 1. The van der Waals surface area contributed by atoms with Gasteiger partial charge in [0.2, 0.25) is 0 Å². The molecule has 130 valence electrons. The van der Waals surface area contributed by atoms with Crippen LogP contribution >= 0.6 is 23.1 Å². The molecule has 0 saturated heterocycles. The Balaban J connectivity index is 1.76. The predicted molar refractivity (Wildman–Crippen MR) is 111 cm³/mol. The lowest BCUT2D eigenvalue weighted by atomic mass is 10.0. The third-order valence-corrected chi connectivity index (χ3v) is 6.38. The molecule has 0 amide bonds. The number of thioether (sulfide) groups is 1. The topological polar surface area (TPSA) is 45.8 Å². The summed E-state index contributed by atoms with van der Waals surface area (Å²) < 4.78 is 0. The third kappa shape index (κ3) is 3.20. The lowest BCUT2D eigenvalue weighted by Gasteiger charge is -2.10. The molecule has 0 aliphatic carbocycles. The number of rotatable bonds is 4. The Morgan fingerprint density at radius 1 is 1.04 bits per heavy atom. The van der Waals surface area contributed by atoms with E-state index in [2.05, 4.69) is 24.0 Å². The number of nitrogens with one attached hydrogen (secondary N) is 1. The SMILES string of the molecule is Cc1sc2nc(SC(C)c3ccccc3)[nH]c(=O)c2c1-c1ccccc1. The van der Waals surface area contributed by atoms with E-state index in [1.165, 1.54) is 5.56 Å². The van der Waals surface area contributed by atoms with Crippen LogP contribution in [0.4, 0.5) is 0 Å². The molecule has 2 heterocycles. The molecule has 3 nitrogen and oxygen atoms in total. The van der Waals surface area contributed by atoms with Gasteiger partial charge in [-0.3, -0.25) is 4.79 Å². The monoisotopic (exact) mass is 378 g/mol. The van der Waals surface area contributed by atoms with Crippen molar-refractivity contribution < 1.29 is 0 Å². The summed E-state index contributed by atoms with van der Waals surface area (Å²) in [6.45, 7) is 4.17. The Hall–Kier alpha value is -2.37. The van der Waals surface area contributed by atoms with E-state index in [4.69, 9.17) is 4.98 Å². The van der Waals surface area contributed by atoms with Gasteiger partial charge < -0.3 is 4.98 Å². The fourth-order valence-corrected chi connectivity index (χ4v) is 5.09. The molecule has 5 heteroatoms. The highest BCUT2D eigenvalue weighted by molar-refractivity contribution is 7.99. The zero-order chi connectivity index (χ0) is 18.1. The molecule has 0 aliphatic rings. The van der Waals surface area contributed by atoms with Crippen LogP contribution in [0.15, 0.2) is 70.6 Å². The van der Waals surface area contributed by atoms with Crippen LogP contribution in [0.1, 0.15) is 22.6 Å². The molecule has 0 saturated carbocycles. The molecule has 1 atom stereocenters. The van der Waals surface area contributed by atoms with Gasteiger partial charge in [0.25, 0.3) is 5.56 Å². The number of H-pyrrole nitrogens is 1. The average Bonchev–Trinajstić information content (AvgIpc) is 2.99. The summed E-state index contributed by atoms with van der Waals surface area (Å²) in [5.74, 6) is 0. The molecule has 0 spiro atoms. The van der Waals surface area contributed by atoms with E-state index in [1.54, 1.807) is 23.1 Å². The highest BCUT2D eigenvalue weighted by Crippen LogP contribution is 2.37. The van der Waals surface area contributed by atoms with Crippen LogP contribution in [0.25, 0.3) is 21.3 Å². The van der Waals surface area contributed by atoms with Crippen LogP contribution in [-0.2, 0) is 0 Å². The van der Waals surface area contributed by atoms with E-state index in [-0.39, 0.29) is 10.8 Å². The summed E-state index contributed by atoms with van der Waals surface area (Å²) in [4.78, 5) is 22.4. The average molecular weight is 379 g/mol. The van der Waals surface area contributed by atoms with Gasteiger partial charge in [0.15, 0.2) is 5.16 Å². The molecule has 0 aliphatic heterocycles. The second-order valence-corrected chi connectivity index (χ2v) is 8.65. The minimum absolute atomic E-state index is 0.0686. The van der Waals surface area contributed by atoms with Gasteiger partial charge in [0.05, 0.1) is 5.39 Å². The standard InChI is InChI=1S/C21H18N2OS2/c1-13(15-9-5-3-6-10-15)26-21-22-19(24)18-17(14(2)25-20(18)23-21)16-11-7-4-8-12-16/h3-13H,1-2H3,(H,22,23,24). The largest absolute Gasteiger partial charge is 0.301 e. The summed E-state index contributed by atoms with van der Waals surface area (Å²) in [6, 6.07) is 20.3. The Bertz CT molecular complexity index is 1100. The quantitative estimate of drug-likeness (QED) is 0.360. The molecule has 2 aromatic carbocycles. The molecule has 0 fully saturated rings. The summed E-state index contributed by atoms with van der Waals surface area (Å²) in [7, 11) is 0. The Kier molecular flexibility index (Phi) is 4.66. The number of hydrogen-bond donors (Lipinski definition) is 1. The zero-order valence-electron chi connectivity index (χ0n) is 14.5. The van der Waals surface area contributed by atoms with Crippen molar-refractivity contribution in [2.45, 2.75) is 24.3 Å². The van der Waals surface area contributed by atoms with E-state index < -0.39 is 0 Å². The first kappa shape index (κ1) is 17.1. The number of aromatic nitrogens is 2. The number of thiophene rings is 1. The maximum absolute atomic E-state index is 12.8. The van der Waals surface area contributed by atoms with Crippen molar-refractivity contribution in [2.24, 2.45) is 0 Å². The predicted octanol–water partition coefficient (Wildman–Crippen LogP) is 5.81. The number of hydrogen-bond acceptors (Lipinski definition) is 4. The van der Waals surface area contributed by atoms with Crippen molar-refractivity contribution in [2.75, 3.05) is 0 Å². The second kappa shape index (κ2) is 7.09. The molecule has 4 aromatic rings. The van der Waals surface area contributed by atoms with Gasteiger partial charge in [-0.1, -0.05) is 72.4 Å². The highest BCUT2D eigenvalue weighted by atomic mass is 32.2. The van der Waals surface area contributed by atoms with Crippen molar-refractivity contribution in [1.82, 2.24) is 9.97 Å². The lowest BCUT2D eigenvalue weighted by Crippen LogP contribution is -2.09. The maximum atomic E-state index is 12.8. The van der Waals surface area contributed by atoms with Crippen LogP contribution in [0.3, 0.4) is 0 Å². The van der Waals surface area contributed by atoms with E-state index in [0.717, 1.165) is 20.8 Å². The molecule has 2 aromatic heterocycles. The zero-order valence-corrected chi connectivity index (χ0v) is 16.2. The van der Waals surface area contributed by atoms with Crippen LogP contribution in [0.2, 0.25) is 0 Å². The van der Waals surface area contributed by atoms with Gasteiger partial charge in [-0.15, -0.1) is 11.3 Å². The van der Waals surface area contributed by atoms with Gasteiger partial charge in [0, 0.05) is 15.7 Å². The summed E-state index contributed by atoms with van der Waals surface area (Å²) >= 11 is 3.16. The number of nitrogens with zero attached hydrogens (tertiary/aromatic N) is 1. The van der Waals surface area contributed by atoms with E-state index >= 15 is 0 Å². The molecule has 0 bridgehead atoms. The molecule has 4 rings (SSSR count). The van der Waals surface area contributed by atoms with E-state index in [0.29, 0.717) is 10.5 Å². The Morgan fingerprint density at radius 3 is 2.38 bits per heavy atom. The number of aryl methyl sites for hydroxylation is 1. The molecular weight excluding hydrogens is 360 g/mol. The van der Waals surface area contributed by atoms with Gasteiger partial charge >= 0.3 is 0 Å². The number of fused-ring (bicyclic) bond motifs is 1. The second-order valence-electron chi connectivity index (χ2n) is 6.12. The fourth-order valence-electron chi connectivity index (χ4n) is 3.07. The lowest BCUT2D eigenvalue weighted by molar-refractivity contribution is 0.963. The van der Waals surface area contributed by atoms with Crippen molar-refractivity contribution in [3.8, 4) is 11.1 Å². The molecule has 26 heavy (non-hydrogen) atoms. The first-order chi connectivity index (χ1) is 12.6. The summed E-state index contributed by atoms with van der Waals surface area (Å²) in [5, 5.41) is 1.57. The normalized spacial score (nSPS) is 12.4. The summed E-state index contributed by atoms with van der Waals surface area (Å²) in [5.41, 5.74) is 3.20. The first-order valence-corrected chi connectivity index (χ1v) is 10.1. The van der Waals surface area contributed by atoms with Crippen LogP contribution in [0.5, 0.6) is 0 Å². The number of benzene rings is 2. The minimum Gasteiger partial charge on any atom is -0.301 e. The molecule has 1 N–H and O–H groups in total. The van der Waals surface area contributed by atoms with Crippen LogP contribution in [-0.4, -0.2) is 9.97 Å². The molecular formula is C21H18N2OS2. The minimum atomic E-state index is -0.0686. The van der Waals surface area contributed by atoms with Crippen LogP contribution in [0, 0.1) is 6.92 Å². The Morgan fingerprint density at radius 2 is 1.69 bits per heavy atom. The highest BCUT2D eigenvalue weighted by Gasteiger charge is 2.17. The first-order valence-electron chi connectivity index (χ1n) is 8.44. The van der Waals surface area contributed by atoms with E-state index in [1.807, 2.05) is 55.5 Å². The maximum Gasteiger partial charge on any atom is 0.260 e. The van der Waals surface area contributed by atoms with Crippen molar-refractivity contribution in [1.29, 1.82) is 0 Å². The molecule has 1 unspecified atom stereocenters. The van der Waals surface area contributed by atoms with Gasteiger partial charge in [-0.05, 0) is 25.0 Å². The summed E-state index contributed by atoms with van der Waals surface area (Å²) in [6.07, 6.45) is 0. The smallest absolute Gasteiger partial charge is 0.260 e. The third-order valence-electron chi connectivity index (χ3n) is 4.34. The van der Waals surface area contributed by atoms with Crippen molar-refractivity contribution in [3.63, 3.8) is 0 Å². The van der Waals surface area contributed by atoms with Crippen molar-refractivity contribution in [3.05, 3.63) is 81.5 Å². The van der Waals surface area contributed by atoms with Gasteiger partial charge in [0.1, 0.15) is 4.83 Å². The van der Waals surface area contributed by atoms with Gasteiger partial charge in [-0.2, -0.15) is 0 Å².